The number of aromatic hydroxyl groups is 1. The van der Waals surface area contributed by atoms with Crippen molar-refractivity contribution in [2.75, 3.05) is 25.2 Å². The Kier molecular flexibility index (Phi) is 4.61. The zero-order valence-corrected chi connectivity index (χ0v) is 15.7. The second kappa shape index (κ2) is 7.09. The molecule has 1 fully saturated rings. The number of phenols is 1. The summed E-state index contributed by atoms with van der Waals surface area (Å²) in [4.78, 5) is 10.1. The minimum Gasteiger partial charge on any atom is -0.505 e. The molecule has 0 atom stereocenters. The van der Waals surface area contributed by atoms with E-state index in [1.165, 1.54) is 10.7 Å². The fourth-order valence-corrected chi connectivity index (χ4v) is 3.59. The Balaban J connectivity index is 1.79. The summed E-state index contributed by atoms with van der Waals surface area (Å²) in [7, 11) is 2.03. The van der Waals surface area contributed by atoms with E-state index in [0.717, 1.165) is 49.0 Å². The van der Waals surface area contributed by atoms with Gasteiger partial charge >= 0.3 is 0 Å². The lowest BCUT2D eigenvalue weighted by molar-refractivity contribution is 0.0853. The third kappa shape index (κ3) is 3.04. The maximum absolute atomic E-state index is 13.6. The van der Waals surface area contributed by atoms with Crippen LogP contribution < -0.4 is 4.90 Å². The molecule has 0 spiro atoms. The highest BCUT2D eigenvalue weighted by molar-refractivity contribution is 5.86. The molecular weight excluding hydrogens is 361 g/mol. The van der Waals surface area contributed by atoms with Gasteiger partial charge in [0.2, 0.25) is 5.69 Å². The number of nitrogens with zero attached hydrogens (tertiary/aromatic N) is 5. The summed E-state index contributed by atoms with van der Waals surface area (Å²) < 4.78 is 20.6. The molecule has 0 unspecified atom stereocenters. The maximum atomic E-state index is 13.6. The van der Waals surface area contributed by atoms with E-state index in [-0.39, 0.29) is 5.69 Å². The predicted octanol–water partition coefficient (Wildman–Crippen LogP) is 3.74. The summed E-state index contributed by atoms with van der Waals surface area (Å²) in [6.45, 7) is 10.7. The van der Waals surface area contributed by atoms with Crippen LogP contribution in [0, 0.1) is 19.3 Å². The van der Waals surface area contributed by atoms with Gasteiger partial charge in [-0.15, -0.1) is 0 Å². The largest absolute Gasteiger partial charge is 0.505 e. The lowest BCUT2D eigenvalue weighted by Gasteiger charge is -2.32. The SMILES string of the molecule is [C-]#[N+]c1cc(F)c(O)cc1-n1nc(C)c2cc(N(C)C3CCOCC3)ncc21. The van der Waals surface area contributed by atoms with Crippen molar-refractivity contribution in [3.8, 4) is 11.4 Å². The number of halogens is 1. The standard InChI is InChI=1S/C20H20FN5O2/c1-12-14-8-20(25(3)13-4-6-28-7-5-13)23-11-18(14)26(24-12)17-10-19(27)15(21)9-16(17)22-2/h8-11,13,27H,4-7H2,1,3H3. The van der Waals surface area contributed by atoms with Crippen LogP contribution in [0.4, 0.5) is 15.9 Å². The fourth-order valence-electron chi connectivity index (χ4n) is 3.59. The third-order valence-corrected chi connectivity index (χ3v) is 5.23. The molecule has 0 radical (unpaired) electrons. The average Bonchev–Trinajstić information content (AvgIpc) is 3.05. The molecule has 1 N–H and O–H groups in total. The number of fused-ring (bicyclic) bond motifs is 1. The molecule has 4 rings (SSSR count). The van der Waals surface area contributed by atoms with Gasteiger partial charge < -0.3 is 14.7 Å². The van der Waals surface area contributed by atoms with Crippen molar-refractivity contribution in [1.29, 1.82) is 0 Å². The quantitative estimate of drug-likeness (QED) is 0.700. The molecular formula is C20H20FN5O2. The molecule has 7 nitrogen and oxygen atoms in total. The van der Waals surface area contributed by atoms with Gasteiger partial charge in [-0.1, -0.05) is 0 Å². The molecule has 1 aliphatic heterocycles. The second-order valence-electron chi connectivity index (χ2n) is 6.92. The fraction of sp³-hybridized carbons (Fsp3) is 0.350. The summed E-state index contributed by atoms with van der Waals surface area (Å²) in [6, 6.07) is 4.58. The molecule has 1 aliphatic rings. The first-order valence-corrected chi connectivity index (χ1v) is 9.06. The normalized spacial score (nSPS) is 14.9. The van der Waals surface area contributed by atoms with Gasteiger partial charge in [-0.05, 0) is 38.0 Å². The summed E-state index contributed by atoms with van der Waals surface area (Å²) in [5.41, 5.74) is 1.85. The topological polar surface area (TPSA) is 67.8 Å². The van der Waals surface area contributed by atoms with E-state index in [9.17, 15) is 9.50 Å². The lowest BCUT2D eigenvalue weighted by Crippen LogP contribution is -2.37. The van der Waals surface area contributed by atoms with Gasteiger partial charge in [0.25, 0.3) is 0 Å². The van der Waals surface area contributed by atoms with Gasteiger partial charge in [0.05, 0.1) is 29.7 Å². The average molecular weight is 381 g/mol. The van der Waals surface area contributed by atoms with E-state index in [4.69, 9.17) is 11.3 Å². The molecule has 0 saturated carbocycles. The summed E-state index contributed by atoms with van der Waals surface area (Å²) in [5, 5.41) is 15.2. The van der Waals surface area contributed by atoms with Gasteiger partial charge in [-0.3, -0.25) is 0 Å². The Labute approximate surface area is 161 Å². The Hall–Kier alpha value is -3.18. The molecule has 144 valence electrons. The molecule has 1 aromatic carbocycles. The first-order chi connectivity index (χ1) is 13.5. The summed E-state index contributed by atoms with van der Waals surface area (Å²) in [5.74, 6) is -0.511. The highest BCUT2D eigenvalue weighted by Gasteiger charge is 2.21. The van der Waals surface area contributed by atoms with Crippen LogP contribution in [0.5, 0.6) is 5.75 Å². The van der Waals surface area contributed by atoms with Gasteiger partial charge in [-0.25, -0.2) is 18.9 Å². The number of anilines is 1. The second-order valence-corrected chi connectivity index (χ2v) is 6.92. The molecule has 1 saturated heterocycles. The molecule has 2 aromatic heterocycles. The lowest BCUT2D eigenvalue weighted by atomic mass is 10.1. The zero-order chi connectivity index (χ0) is 19.8. The molecule has 8 heteroatoms. The molecule has 3 aromatic rings. The molecule has 0 amide bonds. The van der Waals surface area contributed by atoms with Crippen molar-refractivity contribution in [3.05, 3.63) is 47.3 Å². The summed E-state index contributed by atoms with van der Waals surface area (Å²) >= 11 is 0. The molecule has 3 heterocycles. The smallest absolute Gasteiger partial charge is 0.215 e. The number of ether oxygens (including phenoxy) is 1. The Morgan fingerprint density at radius 1 is 1.32 bits per heavy atom. The Bertz CT molecular complexity index is 1080. The first kappa shape index (κ1) is 18.2. The van der Waals surface area contributed by atoms with E-state index in [2.05, 4.69) is 19.8 Å². The Morgan fingerprint density at radius 3 is 2.79 bits per heavy atom. The van der Waals surface area contributed by atoms with E-state index >= 15 is 0 Å². The van der Waals surface area contributed by atoms with Gasteiger partial charge in [0.15, 0.2) is 11.6 Å². The molecule has 0 bridgehead atoms. The van der Waals surface area contributed by atoms with Crippen molar-refractivity contribution < 1.29 is 14.2 Å². The van der Waals surface area contributed by atoms with Crippen LogP contribution in [0.2, 0.25) is 0 Å². The van der Waals surface area contributed by atoms with Crippen molar-refractivity contribution in [1.82, 2.24) is 14.8 Å². The summed E-state index contributed by atoms with van der Waals surface area (Å²) in [6.07, 6.45) is 3.62. The van der Waals surface area contributed by atoms with E-state index in [1.807, 2.05) is 20.0 Å². The maximum Gasteiger partial charge on any atom is 0.215 e. The number of phenolic OH excluding ortho intramolecular Hbond substituents is 1. The minimum atomic E-state index is -0.832. The van der Waals surface area contributed by atoms with Crippen molar-refractivity contribution in [3.63, 3.8) is 0 Å². The van der Waals surface area contributed by atoms with Crippen LogP contribution in [0.1, 0.15) is 18.5 Å². The van der Waals surface area contributed by atoms with E-state index in [1.54, 1.807) is 6.20 Å². The number of hydrogen-bond donors (Lipinski definition) is 1. The number of pyridine rings is 1. The van der Waals surface area contributed by atoms with Gasteiger partial charge in [0.1, 0.15) is 5.82 Å². The highest BCUT2D eigenvalue weighted by Crippen LogP contribution is 2.33. The molecule has 28 heavy (non-hydrogen) atoms. The van der Waals surface area contributed by atoms with Crippen LogP contribution in [0.3, 0.4) is 0 Å². The highest BCUT2D eigenvalue weighted by atomic mass is 19.1. The van der Waals surface area contributed by atoms with Crippen LogP contribution in [0.25, 0.3) is 21.4 Å². The first-order valence-electron chi connectivity index (χ1n) is 9.06. The van der Waals surface area contributed by atoms with Crippen LogP contribution >= 0.6 is 0 Å². The van der Waals surface area contributed by atoms with Crippen molar-refractivity contribution in [2.45, 2.75) is 25.8 Å². The number of benzene rings is 1. The van der Waals surface area contributed by atoms with Crippen LogP contribution in [-0.2, 0) is 4.74 Å². The minimum absolute atomic E-state index is 0.0723. The van der Waals surface area contributed by atoms with Gasteiger partial charge in [0, 0.05) is 31.7 Å². The van der Waals surface area contributed by atoms with Crippen LogP contribution in [-0.4, -0.2) is 46.2 Å². The zero-order valence-electron chi connectivity index (χ0n) is 15.7. The third-order valence-electron chi connectivity index (χ3n) is 5.23. The number of hydrogen-bond acceptors (Lipinski definition) is 5. The van der Waals surface area contributed by atoms with Crippen LogP contribution in [0.15, 0.2) is 24.4 Å². The van der Waals surface area contributed by atoms with E-state index in [0.29, 0.717) is 17.2 Å². The number of aryl methyl sites for hydroxylation is 1. The van der Waals surface area contributed by atoms with E-state index < -0.39 is 11.6 Å². The number of aromatic nitrogens is 3. The monoisotopic (exact) mass is 381 g/mol. The van der Waals surface area contributed by atoms with Gasteiger partial charge in [-0.2, -0.15) is 5.10 Å². The van der Waals surface area contributed by atoms with Crippen molar-refractivity contribution in [2.24, 2.45) is 0 Å². The Morgan fingerprint density at radius 2 is 2.07 bits per heavy atom. The number of rotatable bonds is 3. The molecule has 0 aliphatic carbocycles. The van der Waals surface area contributed by atoms with Crippen molar-refractivity contribution >= 4 is 22.4 Å². The predicted molar refractivity (Wildman–Crippen MR) is 104 cm³/mol.